The van der Waals surface area contributed by atoms with E-state index < -0.39 is 0 Å². The van der Waals surface area contributed by atoms with Crippen molar-refractivity contribution >= 4 is 0 Å². The lowest BCUT2D eigenvalue weighted by atomic mass is 10.0. The van der Waals surface area contributed by atoms with Crippen molar-refractivity contribution in [1.29, 1.82) is 0 Å². The maximum Gasteiger partial charge on any atom is 0.117 e. The fourth-order valence-electron chi connectivity index (χ4n) is 2.15. The van der Waals surface area contributed by atoms with Crippen LogP contribution in [0.5, 0.6) is 0 Å². The van der Waals surface area contributed by atoms with Gasteiger partial charge in [0.25, 0.3) is 0 Å². The van der Waals surface area contributed by atoms with Crippen LogP contribution in [0, 0.1) is 5.92 Å². The molecule has 4 nitrogen and oxygen atoms in total. The van der Waals surface area contributed by atoms with Gasteiger partial charge in [0, 0.05) is 18.5 Å². The van der Waals surface area contributed by atoms with Crippen LogP contribution in [0.15, 0.2) is 22.8 Å². The minimum Gasteiger partial charge on any atom is -0.468 e. The summed E-state index contributed by atoms with van der Waals surface area (Å²) < 4.78 is 10.8. The summed E-state index contributed by atoms with van der Waals surface area (Å²) in [7, 11) is 0. The van der Waals surface area contributed by atoms with Crippen molar-refractivity contribution in [3.05, 3.63) is 24.2 Å². The highest BCUT2D eigenvalue weighted by Crippen LogP contribution is 2.13. The van der Waals surface area contributed by atoms with Gasteiger partial charge in [0.2, 0.25) is 0 Å². The molecular weight excluding hydrogens is 216 g/mol. The quantitative estimate of drug-likeness (QED) is 0.753. The Morgan fingerprint density at radius 3 is 3.12 bits per heavy atom. The summed E-state index contributed by atoms with van der Waals surface area (Å²) in [6.07, 6.45) is 2.88. The molecular formula is C13H22N2O2. The SMILES string of the molecule is CCCNC1COCC1CNCc1ccco1. The van der Waals surface area contributed by atoms with Gasteiger partial charge >= 0.3 is 0 Å². The third-order valence-electron chi connectivity index (χ3n) is 3.14. The zero-order valence-corrected chi connectivity index (χ0v) is 10.4. The third-order valence-corrected chi connectivity index (χ3v) is 3.14. The van der Waals surface area contributed by atoms with E-state index in [9.17, 15) is 0 Å². The number of ether oxygens (including phenoxy) is 1. The lowest BCUT2D eigenvalue weighted by Gasteiger charge is -2.18. The first-order valence-electron chi connectivity index (χ1n) is 6.44. The number of rotatable bonds is 7. The molecule has 1 saturated heterocycles. The molecule has 2 unspecified atom stereocenters. The first-order chi connectivity index (χ1) is 8.40. The van der Waals surface area contributed by atoms with Gasteiger partial charge in [-0.25, -0.2) is 0 Å². The van der Waals surface area contributed by atoms with Gasteiger partial charge in [-0.3, -0.25) is 0 Å². The number of nitrogens with one attached hydrogen (secondary N) is 2. The summed E-state index contributed by atoms with van der Waals surface area (Å²) in [5.74, 6) is 1.55. The molecule has 1 aliphatic heterocycles. The molecule has 0 spiro atoms. The monoisotopic (exact) mass is 238 g/mol. The molecule has 1 aliphatic rings. The molecule has 1 aromatic heterocycles. The van der Waals surface area contributed by atoms with Crippen LogP contribution in [0.25, 0.3) is 0 Å². The van der Waals surface area contributed by atoms with Crippen LogP contribution in [-0.2, 0) is 11.3 Å². The summed E-state index contributed by atoms with van der Waals surface area (Å²) in [6.45, 7) is 6.72. The lowest BCUT2D eigenvalue weighted by molar-refractivity contribution is 0.182. The summed E-state index contributed by atoms with van der Waals surface area (Å²) >= 11 is 0. The third kappa shape index (κ3) is 3.84. The van der Waals surface area contributed by atoms with Crippen LogP contribution in [0.2, 0.25) is 0 Å². The van der Waals surface area contributed by atoms with E-state index >= 15 is 0 Å². The Labute approximate surface area is 103 Å². The summed E-state index contributed by atoms with van der Waals surface area (Å²) in [5, 5.41) is 6.96. The predicted molar refractivity (Wildman–Crippen MR) is 66.8 cm³/mol. The van der Waals surface area contributed by atoms with Crippen LogP contribution in [0.4, 0.5) is 0 Å². The van der Waals surface area contributed by atoms with Gasteiger partial charge in [-0.1, -0.05) is 6.92 Å². The molecule has 17 heavy (non-hydrogen) atoms. The van der Waals surface area contributed by atoms with Gasteiger partial charge in [-0.2, -0.15) is 0 Å². The van der Waals surface area contributed by atoms with Crippen molar-refractivity contribution in [2.45, 2.75) is 25.9 Å². The average molecular weight is 238 g/mol. The van der Waals surface area contributed by atoms with Crippen molar-refractivity contribution in [2.75, 3.05) is 26.3 Å². The number of hydrogen-bond acceptors (Lipinski definition) is 4. The van der Waals surface area contributed by atoms with Gasteiger partial charge in [0.1, 0.15) is 5.76 Å². The van der Waals surface area contributed by atoms with E-state index in [1.807, 2.05) is 12.1 Å². The Kier molecular flexibility index (Phi) is 5.04. The summed E-state index contributed by atoms with van der Waals surface area (Å²) in [4.78, 5) is 0. The smallest absolute Gasteiger partial charge is 0.117 e. The van der Waals surface area contributed by atoms with Crippen LogP contribution in [-0.4, -0.2) is 32.3 Å². The van der Waals surface area contributed by atoms with Crippen molar-refractivity contribution in [1.82, 2.24) is 10.6 Å². The van der Waals surface area contributed by atoms with Gasteiger partial charge < -0.3 is 19.8 Å². The molecule has 0 bridgehead atoms. The molecule has 2 N–H and O–H groups in total. The molecule has 1 aromatic rings. The topological polar surface area (TPSA) is 46.4 Å². The fraction of sp³-hybridized carbons (Fsp3) is 0.692. The Morgan fingerprint density at radius 2 is 2.35 bits per heavy atom. The van der Waals surface area contributed by atoms with E-state index in [1.54, 1.807) is 6.26 Å². The minimum atomic E-state index is 0.499. The van der Waals surface area contributed by atoms with Crippen LogP contribution < -0.4 is 10.6 Å². The minimum absolute atomic E-state index is 0.499. The molecule has 0 aliphatic carbocycles. The van der Waals surface area contributed by atoms with Gasteiger partial charge in [0.05, 0.1) is 26.0 Å². The number of hydrogen-bond donors (Lipinski definition) is 2. The first-order valence-corrected chi connectivity index (χ1v) is 6.44. The predicted octanol–water partition coefficient (Wildman–Crippen LogP) is 1.38. The highest BCUT2D eigenvalue weighted by Gasteiger charge is 2.26. The molecule has 0 saturated carbocycles. The highest BCUT2D eigenvalue weighted by molar-refractivity contribution is 4.97. The molecule has 4 heteroatoms. The lowest BCUT2D eigenvalue weighted by Crippen LogP contribution is -2.40. The average Bonchev–Trinajstić information content (AvgIpc) is 2.98. The first kappa shape index (κ1) is 12.6. The van der Waals surface area contributed by atoms with E-state index in [1.165, 1.54) is 6.42 Å². The van der Waals surface area contributed by atoms with E-state index in [-0.39, 0.29) is 0 Å². The van der Waals surface area contributed by atoms with Crippen molar-refractivity contribution in [3.63, 3.8) is 0 Å². The van der Waals surface area contributed by atoms with Crippen LogP contribution in [0.1, 0.15) is 19.1 Å². The zero-order valence-electron chi connectivity index (χ0n) is 10.4. The van der Waals surface area contributed by atoms with Gasteiger partial charge in [0.15, 0.2) is 0 Å². The standard InChI is InChI=1S/C13H22N2O2/c1-2-5-15-13-10-16-9-11(13)7-14-8-12-4-3-6-17-12/h3-4,6,11,13-15H,2,5,7-10H2,1H3. The summed E-state index contributed by atoms with van der Waals surface area (Å²) in [5.41, 5.74) is 0. The van der Waals surface area contributed by atoms with Crippen LogP contribution >= 0.6 is 0 Å². The summed E-state index contributed by atoms with van der Waals surface area (Å²) in [6, 6.07) is 4.41. The van der Waals surface area contributed by atoms with Gasteiger partial charge in [-0.15, -0.1) is 0 Å². The normalized spacial score (nSPS) is 24.3. The molecule has 0 radical (unpaired) electrons. The van der Waals surface area contributed by atoms with E-state index in [2.05, 4.69) is 17.6 Å². The van der Waals surface area contributed by atoms with Crippen molar-refractivity contribution in [2.24, 2.45) is 5.92 Å². The largest absolute Gasteiger partial charge is 0.468 e. The Hall–Kier alpha value is -0.840. The van der Waals surface area contributed by atoms with Gasteiger partial charge in [-0.05, 0) is 25.1 Å². The Morgan fingerprint density at radius 1 is 1.41 bits per heavy atom. The molecule has 96 valence electrons. The second-order valence-corrected chi connectivity index (χ2v) is 4.57. The highest BCUT2D eigenvalue weighted by atomic mass is 16.5. The molecule has 0 amide bonds. The van der Waals surface area contributed by atoms with Crippen molar-refractivity contribution in [3.8, 4) is 0 Å². The fourth-order valence-corrected chi connectivity index (χ4v) is 2.15. The van der Waals surface area contributed by atoms with Crippen molar-refractivity contribution < 1.29 is 9.15 Å². The van der Waals surface area contributed by atoms with E-state index in [4.69, 9.17) is 9.15 Å². The molecule has 2 rings (SSSR count). The number of furan rings is 1. The second-order valence-electron chi connectivity index (χ2n) is 4.57. The Bertz CT molecular complexity index is 300. The maximum atomic E-state index is 5.53. The molecule has 2 atom stereocenters. The molecule has 0 aromatic carbocycles. The van der Waals surface area contributed by atoms with Crippen LogP contribution in [0.3, 0.4) is 0 Å². The van der Waals surface area contributed by atoms with E-state index in [0.717, 1.165) is 38.6 Å². The maximum absolute atomic E-state index is 5.53. The molecule has 2 heterocycles. The zero-order chi connectivity index (χ0) is 11.9. The molecule has 1 fully saturated rings. The van der Waals surface area contributed by atoms with E-state index in [0.29, 0.717) is 12.0 Å². The Balaban J connectivity index is 1.67. The second kappa shape index (κ2) is 6.79.